The summed E-state index contributed by atoms with van der Waals surface area (Å²) in [6.07, 6.45) is 76.2. The molecule has 1 atom stereocenters. The summed E-state index contributed by atoms with van der Waals surface area (Å²) in [5.74, 6) is -0.839. The number of allylic oxidation sites excluding steroid dienone is 4. The van der Waals surface area contributed by atoms with Gasteiger partial charge in [-0.1, -0.05) is 328 Å². The molecular formula is C68H128O6. The summed E-state index contributed by atoms with van der Waals surface area (Å²) >= 11 is 0. The monoisotopic (exact) mass is 1040 g/mol. The summed E-state index contributed by atoms with van der Waals surface area (Å²) in [6, 6.07) is 0. The third-order valence-corrected chi connectivity index (χ3v) is 15.2. The molecule has 6 heteroatoms. The van der Waals surface area contributed by atoms with Crippen molar-refractivity contribution in [3.05, 3.63) is 24.3 Å². The zero-order chi connectivity index (χ0) is 53.6. The Balaban J connectivity index is 4.21. The van der Waals surface area contributed by atoms with Gasteiger partial charge in [0.1, 0.15) is 13.2 Å². The first-order valence-electron chi connectivity index (χ1n) is 33.3. The van der Waals surface area contributed by atoms with E-state index in [1.165, 1.54) is 270 Å². The van der Waals surface area contributed by atoms with Gasteiger partial charge in [-0.2, -0.15) is 0 Å². The lowest BCUT2D eigenvalue weighted by Gasteiger charge is -2.18. The van der Waals surface area contributed by atoms with Crippen LogP contribution in [-0.2, 0) is 28.6 Å². The van der Waals surface area contributed by atoms with Crippen LogP contribution in [0, 0.1) is 0 Å². The molecular weight excluding hydrogens is 913 g/mol. The predicted octanol–water partition coefficient (Wildman–Crippen LogP) is 22.6. The number of carbonyl (C=O) groups is 3. The summed E-state index contributed by atoms with van der Waals surface area (Å²) in [6.45, 7) is 6.69. The minimum atomic E-state index is -0.767. The maximum atomic E-state index is 12.9. The zero-order valence-corrected chi connectivity index (χ0v) is 50.1. The summed E-state index contributed by atoms with van der Waals surface area (Å²) in [7, 11) is 0. The van der Waals surface area contributed by atoms with Crippen LogP contribution in [0.3, 0.4) is 0 Å². The third-order valence-electron chi connectivity index (χ3n) is 15.2. The first kappa shape index (κ1) is 71.9. The molecule has 0 heterocycles. The summed E-state index contributed by atoms with van der Waals surface area (Å²) < 4.78 is 16.9. The molecule has 74 heavy (non-hydrogen) atoms. The molecule has 0 aliphatic heterocycles. The highest BCUT2D eigenvalue weighted by molar-refractivity contribution is 5.71. The van der Waals surface area contributed by atoms with Crippen LogP contribution < -0.4 is 0 Å². The lowest BCUT2D eigenvalue weighted by Crippen LogP contribution is -2.30. The fraction of sp³-hybridized carbons (Fsp3) is 0.897. The Morgan fingerprint density at radius 2 is 0.486 bits per heavy atom. The number of esters is 3. The summed E-state index contributed by atoms with van der Waals surface area (Å²) in [4.78, 5) is 38.3. The van der Waals surface area contributed by atoms with Crippen LogP contribution in [0.1, 0.15) is 374 Å². The van der Waals surface area contributed by atoms with Gasteiger partial charge in [0.2, 0.25) is 0 Å². The highest BCUT2D eigenvalue weighted by atomic mass is 16.6. The van der Waals surface area contributed by atoms with Gasteiger partial charge in [-0.15, -0.1) is 0 Å². The van der Waals surface area contributed by atoms with Crippen LogP contribution in [0.25, 0.3) is 0 Å². The van der Waals surface area contributed by atoms with E-state index in [0.717, 1.165) is 64.2 Å². The first-order valence-corrected chi connectivity index (χ1v) is 33.3. The average Bonchev–Trinajstić information content (AvgIpc) is 3.40. The summed E-state index contributed by atoms with van der Waals surface area (Å²) in [5, 5.41) is 0. The normalized spacial score (nSPS) is 12.1. The molecule has 0 aromatic carbocycles. The minimum Gasteiger partial charge on any atom is -0.462 e. The number of unbranched alkanes of at least 4 members (excludes halogenated alkanes) is 47. The van der Waals surface area contributed by atoms with E-state index >= 15 is 0 Å². The van der Waals surface area contributed by atoms with E-state index in [2.05, 4.69) is 45.1 Å². The molecule has 0 aliphatic carbocycles. The van der Waals surface area contributed by atoms with Crippen molar-refractivity contribution in [2.45, 2.75) is 380 Å². The van der Waals surface area contributed by atoms with Crippen molar-refractivity contribution in [3.63, 3.8) is 0 Å². The molecule has 0 aromatic rings. The number of hydrogen-bond acceptors (Lipinski definition) is 6. The number of hydrogen-bond donors (Lipinski definition) is 0. The van der Waals surface area contributed by atoms with Crippen molar-refractivity contribution in [1.29, 1.82) is 0 Å². The lowest BCUT2D eigenvalue weighted by atomic mass is 10.0. The minimum absolute atomic E-state index is 0.0654. The van der Waals surface area contributed by atoms with E-state index in [4.69, 9.17) is 14.2 Å². The van der Waals surface area contributed by atoms with Crippen LogP contribution in [-0.4, -0.2) is 37.2 Å². The Hall–Kier alpha value is -2.11. The standard InChI is InChI=1S/C68H128O6/c1-4-7-10-13-16-19-22-24-26-28-30-32-34-36-37-39-41-43-46-49-52-55-58-61-67(70)73-64-65(63-72-66(69)60-57-54-51-48-45-21-18-15-12-9-6-3)74-68(71)62-59-56-53-50-47-44-42-40-38-35-33-31-29-27-25-23-20-17-14-11-8-5-2/h22,24,28,30,65H,4-21,23,25-27,29,31-64H2,1-3H3/b24-22-,30-28-. The molecule has 6 nitrogen and oxygen atoms in total. The van der Waals surface area contributed by atoms with Gasteiger partial charge in [-0.05, 0) is 51.4 Å². The second kappa shape index (κ2) is 63.4. The first-order chi connectivity index (χ1) is 36.5. The van der Waals surface area contributed by atoms with E-state index in [0.29, 0.717) is 19.3 Å². The lowest BCUT2D eigenvalue weighted by molar-refractivity contribution is -0.167. The second-order valence-electron chi connectivity index (χ2n) is 22.7. The Kier molecular flexibility index (Phi) is 61.6. The molecule has 0 rings (SSSR count). The van der Waals surface area contributed by atoms with Gasteiger partial charge in [0.25, 0.3) is 0 Å². The molecule has 436 valence electrons. The SMILES string of the molecule is CCCCCCC/C=C\C/C=C\CCCCCCCCCCCCCC(=O)OCC(COC(=O)CCCCCCCCCCCCC)OC(=O)CCCCCCCCCCCCCCCCCCCCCCCC. The van der Waals surface area contributed by atoms with Gasteiger partial charge < -0.3 is 14.2 Å². The van der Waals surface area contributed by atoms with E-state index in [9.17, 15) is 14.4 Å². The van der Waals surface area contributed by atoms with Crippen LogP contribution in [0.5, 0.6) is 0 Å². The maximum Gasteiger partial charge on any atom is 0.306 e. The largest absolute Gasteiger partial charge is 0.462 e. The number of rotatable bonds is 62. The van der Waals surface area contributed by atoms with Crippen molar-refractivity contribution in [3.8, 4) is 0 Å². The highest BCUT2D eigenvalue weighted by Gasteiger charge is 2.19. The van der Waals surface area contributed by atoms with Crippen LogP contribution in [0.15, 0.2) is 24.3 Å². The Morgan fingerprint density at radius 1 is 0.270 bits per heavy atom. The molecule has 0 aromatic heterocycles. The van der Waals surface area contributed by atoms with Gasteiger partial charge in [0, 0.05) is 19.3 Å². The Morgan fingerprint density at radius 3 is 0.743 bits per heavy atom. The fourth-order valence-corrected chi connectivity index (χ4v) is 10.2. The predicted molar refractivity (Wildman–Crippen MR) is 321 cm³/mol. The van der Waals surface area contributed by atoms with Crippen LogP contribution in [0.2, 0.25) is 0 Å². The second-order valence-corrected chi connectivity index (χ2v) is 22.7. The fourth-order valence-electron chi connectivity index (χ4n) is 10.2. The third kappa shape index (κ3) is 60.8. The van der Waals surface area contributed by atoms with Crippen molar-refractivity contribution in [2.24, 2.45) is 0 Å². The molecule has 0 aliphatic rings. The molecule has 1 unspecified atom stereocenters. The van der Waals surface area contributed by atoms with Crippen LogP contribution >= 0.6 is 0 Å². The Bertz CT molecular complexity index is 1190. The molecule has 0 fully saturated rings. The van der Waals surface area contributed by atoms with Gasteiger partial charge in [0.05, 0.1) is 0 Å². The van der Waals surface area contributed by atoms with Gasteiger partial charge >= 0.3 is 17.9 Å². The average molecular weight is 1040 g/mol. The zero-order valence-electron chi connectivity index (χ0n) is 50.1. The van der Waals surface area contributed by atoms with Gasteiger partial charge in [-0.25, -0.2) is 0 Å². The molecule has 0 saturated carbocycles. The number of ether oxygens (including phenoxy) is 3. The van der Waals surface area contributed by atoms with Gasteiger partial charge in [-0.3, -0.25) is 14.4 Å². The highest BCUT2D eigenvalue weighted by Crippen LogP contribution is 2.18. The molecule has 0 N–H and O–H groups in total. The quantitative estimate of drug-likeness (QED) is 0.0261. The van der Waals surface area contributed by atoms with Crippen molar-refractivity contribution >= 4 is 17.9 Å². The molecule has 0 radical (unpaired) electrons. The molecule has 0 bridgehead atoms. The topological polar surface area (TPSA) is 78.9 Å². The maximum absolute atomic E-state index is 12.9. The number of carbonyl (C=O) groups excluding carboxylic acids is 3. The molecule has 0 amide bonds. The van der Waals surface area contributed by atoms with E-state index < -0.39 is 6.10 Å². The van der Waals surface area contributed by atoms with Gasteiger partial charge in [0.15, 0.2) is 6.10 Å². The van der Waals surface area contributed by atoms with E-state index in [-0.39, 0.29) is 31.1 Å². The summed E-state index contributed by atoms with van der Waals surface area (Å²) in [5.41, 5.74) is 0. The molecule has 0 spiro atoms. The van der Waals surface area contributed by atoms with E-state index in [1.807, 2.05) is 0 Å². The van der Waals surface area contributed by atoms with Crippen molar-refractivity contribution in [2.75, 3.05) is 13.2 Å². The van der Waals surface area contributed by atoms with E-state index in [1.54, 1.807) is 0 Å². The Labute approximate surface area is 462 Å². The van der Waals surface area contributed by atoms with Crippen molar-refractivity contribution < 1.29 is 28.6 Å². The van der Waals surface area contributed by atoms with Crippen molar-refractivity contribution in [1.82, 2.24) is 0 Å². The van der Waals surface area contributed by atoms with Crippen LogP contribution in [0.4, 0.5) is 0 Å². The molecule has 0 saturated heterocycles. The smallest absolute Gasteiger partial charge is 0.306 e.